The molecule has 0 radical (unpaired) electrons. The molecule has 0 aliphatic carbocycles. The topological polar surface area (TPSA) is 69.4 Å². The summed E-state index contributed by atoms with van der Waals surface area (Å²) in [5.41, 5.74) is -1.53. The minimum atomic E-state index is -2.87. The number of alkyl halides is 2. The number of carbonyl (C=O) groups excluding carboxylic acids is 1. The number of Topliss-reactive ketones (excluding diaryl/α,β-unsaturated/α-hetero) is 1. The summed E-state index contributed by atoms with van der Waals surface area (Å²) in [5.74, 6) is -0.837. The number of hydrogen-bond acceptors (Lipinski definition) is 4. The van der Waals surface area contributed by atoms with Gasteiger partial charge in [0.2, 0.25) is 0 Å². The molecule has 0 aliphatic heterocycles. The average molecular weight is 245 g/mol. The van der Waals surface area contributed by atoms with Crippen LogP contribution in [-0.4, -0.2) is 17.8 Å². The third kappa shape index (κ3) is 2.55. The van der Waals surface area contributed by atoms with Crippen molar-refractivity contribution in [3.63, 3.8) is 0 Å². The lowest BCUT2D eigenvalue weighted by Crippen LogP contribution is -2.05. The number of ketones is 1. The molecule has 0 aromatic heterocycles. The molecule has 0 N–H and O–H groups in total. The van der Waals surface area contributed by atoms with Crippen molar-refractivity contribution in [1.29, 1.82) is 0 Å². The molecule has 0 heterocycles. The fourth-order valence-electron chi connectivity index (χ4n) is 1.41. The normalized spacial score (nSPS) is 10.4. The molecular weight excluding hydrogens is 236 g/mol. The maximum Gasteiger partial charge on any atom is 0.284 e. The lowest BCUT2D eigenvalue weighted by molar-refractivity contribution is -0.385. The summed E-state index contributed by atoms with van der Waals surface area (Å²) in [7, 11) is 1.15. The van der Waals surface area contributed by atoms with Gasteiger partial charge in [-0.2, -0.15) is 0 Å². The van der Waals surface area contributed by atoms with Crippen LogP contribution in [0.5, 0.6) is 5.75 Å². The highest BCUT2D eigenvalue weighted by Crippen LogP contribution is 2.34. The Hall–Kier alpha value is -2.05. The third-order valence-corrected chi connectivity index (χ3v) is 2.12. The zero-order valence-electron chi connectivity index (χ0n) is 9.07. The van der Waals surface area contributed by atoms with Gasteiger partial charge in [-0.25, -0.2) is 8.78 Å². The smallest absolute Gasteiger partial charge is 0.284 e. The first-order valence-corrected chi connectivity index (χ1v) is 4.54. The van der Waals surface area contributed by atoms with Crippen LogP contribution in [0.25, 0.3) is 0 Å². The number of rotatable bonds is 4. The SMILES string of the molecule is COc1cc(C(F)F)cc([N+](=O)[O-])c1C(C)=O. The Morgan fingerprint density at radius 2 is 2.06 bits per heavy atom. The molecule has 92 valence electrons. The predicted octanol–water partition coefficient (Wildman–Crippen LogP) is 2.74. The molecule has 0 spiro atoms. The highest BCUT2D eigenvalue weighted by molar-refractivity contribution is 6.01. The van der Waals surface area contributed by atoms with Crippen LogP contribution in [0.2, 0.25) is 0 Å². The highest BCUT2D eigenvalue weighted by Gasteiger charge is 2.26. The number of nitro groups is 1. The molecule has 0 fully saturated rings. The van der Waals surface area contributed by atoms with E-state index < -0.39 is 28.4 Å². The fourth-order valence-corrected chi connectivity index (χ4v) is 1.41. The summed E-state index contributed by atoms with van der Waals surface area (Å²) < 4.78 is 29.7. The maximum absolute atomic E-state index is 12.5. The minimum Gasteiger partial charge on any atom is -0.496 e. The van der Waals surface area contributed by atoms with Crippen molar-refractivity contribution >= 4 is 11.5 Å². The van der Waals surface area contributed by atoms with Crippen LogP contribution in [0.3, 0.4) is 0 Å². The first kappa shape index (κ1) is 13.0. The van der Waals surface area contributed by atoms with E-state index in [1.165, 1.54) is 0 Å². The second kappa shape index (κ2) is 4.86. The van der Waals surface area contributed by atoms with Gasteiger partial charge < -0.3 is 4.74 Å². The maximum atomic E-state index is 12.5. The Morgan fingerprint density at radius 3 is 2.41 bits per heavy atom. The Kier molecular flexibility index (Phi) is 3.72. The second-order valence-corrected chi connectivity index (χ2v) is 3.23. The molecule has 0 bridgehead atoms. The number of hydrogen-bond donors (Lipinski definition) is 0. The molecule has 1 aromatic rings. The Morgan fingerprint density at radius 1 is 1.47 bits per heavy atom. The van der Waals surface area contributed by atoms with Crippen LogP contribution in [-0.2, 0) is 0 Å². The lowest BCUT2D eigenvalue weighted by Gasteiger charge is -2.09. The molecule has 0 saturated heterocycles. The standard InChI is InChI=1S/C10H9F2NO4/c1-5(14)9-7(13(15)16)3-6(10(11)12)4-8(9)17-2/h3-4,10H,1-2H3. The van der Waals surface area contributed by atoms with Crippen LogP contribution < -0.4 is 4.74 Å². The molecule has 0 amide bonds. The first-order valence-electron chi connectivity index (χ1n) is 4.54. The van der Waals surface area contributed by atoms with Crippen LogP contribution in [0.1, 0.15) is 29.3 Å². The van der Waals surface area contributed by atoms with Crippen molar-refractivity contribution in [2.75, 3.05) is 7.11 Å². The quantitative estimate of drug-likeness (QED) is 0.464. The van der Waals surface area contributed by atoms with Crippen molar-refractivity contribution in [3.8, 4) is 5.75 Å². The number of ether oxygens (including phenoxy) is 1. The molecule has 17 heavy (non-hydrogen) atoms. The summed E-state index contributed by atoms with van der Waals surface area (Å²) in [6.45, 7) is 1.10. The van der Waals surface area contributed by atoms with Crippen LogP contribution in [0.4, 0.5) is 14.5 Å². The second-order valence-electron chi connectivity index (χ2n) is 3.23. The molecule has 1 rings (SSSR count). The summed E-state index contributed by atoms with van der Waals surface area (Å²) >= 11 is 0. The van der Waals surface area contributed by atoms with Gasteiger partial charge in [0.15, 0.2) is 5.78 Å². The summed E-state index contributed by atoms with van der Waals surface area (Å²) in [5, 5.41) is 10.7. The number of carbonyl (C=O) groups is 1. The molecular formula is C10H9F2NO4. The zero-order chi connectivity index (χ0) is 13.2. The largest absolute Gasteiger partial charge is 0.496 e. The lowest BCUT2D eigenvalue weighted by atomic mass is 10.0. The van der Waals surface area contributed by atoms with Gasteiger partial charge in [-0.1, -0.05) is 0 Å². The molecule has 1 aromatic carbocycles. The predicted molar refractivity (Wildman–Crippen MR) is 54.6 cm³/mol. The van der Waals surface area contributed by atoms with Gasteiger partial charge in [0.25, 0.3) is 12.1 Å². The van der Waals surface area contributed by atoms with Gasteiger partial charge in [0, 0.05) is 11.6 Å². The number of nitrogens with zero attached hydrogens (tertiary/aromatic N) is 1. The van der Waals surface area contributed by atoms with Crippen molar-refractivity contribution < 1.29 is 23.2 Å². The highest BCUT2D eigenvalue weighted by atomic mass is 19.3. The van der Waals surface area contributed by atoms with E-state index in [9.17, 15) is 23.7 Å². The minimum absolute atomic E-state index is 0.220. The average Bonchev–Trinajstić information content (AvgIpc) is 2.26. The number of methoxy groups -OCH3 is 1. The van der Waals surface area contributed by atoms with E-state index >= 15 is 0 Å². The van der Waals surface area contributed by atoms with Gasteiger partial charge in [-0.3, -0.25) is 14.9 Å². The molecule has 0 aliphatic rings. The Labute approximate surface area is 95.2 Å². The number of halogens is 2. The van der Waals surface area contributed by atoms with Gasteiger partial charge in [0.1, 0.15) is 11.3 Å². The van der Waals surface area contributed by atoms with E-state index in [-0.39, 0.29) is 11.3 Å². The van der Waals surface area contributed by atoms with Gasteiger partial charge in [-0.15, -0.1) is 0 Å². The van der Waals surface area contributed by atoms with Crippen LogP contribution in [0.15, 0.2) is 12.1 Å². The van der Waals surface area contributed by atoms with E-state index in [0.29, 0.717) is 6.07 Å². The first-order chi connectivity index (χ1) is 7.88. The summed E-state index contributed by atoms with van der Waals surface area (Å²) in [6, 6.07) is 1.61. The summed E-state index contributed by atoms with van der Waals surface area (Å²) in [4.78, 5) is 21.1. The van der Waals surface area contributed by atoms with Gasteiger partial charge in [-0.05, 0) is 13.0 Å². The molecule has 0 unspecified atom stereocenters. The molecule has 5 nitrogen and oxygen atoms in total. The zero-order valence-corrected chi connectivity index (χ0v) is 9.07. The molecule has 7 heteroatoms. The van der Waals surface area contributed by atoms with E-state index in [4.69, 9.17) is 4.74 Å². The van der Waals surface area contributed by atoms with E-state index in [1.807, 2.05) is 0 Å². The monoisotopic (exact) mass is 245 g/mol. The van der Waals surface area contributed by atoms with E-state index in [1.54, 1.807) is 0 Å². The number of nitro benzene ring substituents is 1. The van der Waals surface area contributed by atoms with Crippen molar-refractivity contribution in [1.82, 2.24) is 0 Å². The number of benzene rings is 1. The van der Waals surface area contributed by atoms with Crippen LogP contribution in [0, 0.1) is 10.1 Å². The van der Waals surface area contributed by atoms with Crippen molar-refractivity contribution in [2.45, 2.75) is 13.3 Å². The molecule has 0 atom stereocenters. The van der Waals surface area contributed by atoms with Gasteiger partial charge in [0.05, 0.1) is 12.0 Å². The Balaban J connectivity index is 3.57. The van der Waals surface area contributed by atoms with E-state index in [0.717, 1.165) is 20.1 Å². The Bertz CT molecular complexity index is 474. The van der Waals surface area contributed by atoms with E-state index in [2.05, 4.69) is 0 Å². The summed E-state index contributed by atoms with van der Waals surface area (Å²) in [6.07, 6.45) is -2.87. The molecule has 0 saturated carbocycles. The van der Waals surface area contributed by atoms with Crippen molar-refractivity contribution in [3.05, 3.63) is 33.4 Å². The third-order valence-electron chi connectivity index (χ3n) is 2.12. The van der Waals surface area contributed by atoms with Gasteiger partial charge >= 0.3 is 0 Å². The van der Waals surface area contributed by atoms with Crippen LogP contribution >= 0.6 is 0 Å². The fraction of sp³-hybridized carbons (Fsp3) is 0.300. The van der Waals surface area contributed by atoms with Crippen molar-refractivity contribution in [2.24, 2.45) is 0 Å².